The fourth-order valence-corrected chi connectivity index (χ4v) is 1.65. The SMILES string of the molecule is CN(C)[C@@H]1CC[C@H](C(=O)O)C1. The maximum Gasteiger partial charge on any atom is 0.306 e. The van der Waals surface area contributed by atoms with Crippen molar-refractivity contribution in [2.24, 2.45) is 5.92 Å². The van der Waals surface area contributed by atoms with Gasteiger partial charge < -0.3 is 10.0 Å². The van der Waals surface area contributed by atoms with Crippen LogP contribution >= 0.6 is 0 Å². The first-order valence-electron chi connectivity index (χ1n) is 4.00. The van der Waals surface area contributed by atoms with Crippen LogP contribution in [0.4, 0.5) is 0 Å². The van der Waals surface area contributed by atoms with Crippen molar-refractivity contribution >= 4 is 5.97 Å². The van der Waals surface area contributed by atoms with Gasteiger partial charge in [-0.3, -0.25) is 4.79 Å². The minimum atomic E-state index is -0.630. The predicted octanol–water partition coefficient (Wildman–Crippen LogP) is 0.801. The summed E-state index contributed by atoms with van der Waals surface area (Å²) in [5, 5.41) is 8.69. The van der Waals surface area contributed by atoms with Crippen molar-refractivity contribution in [1.29, 1.82) is 0 Å². The number of carboxylic acid groups (broad SMARTS) is 1. The van der Waals surface area contributed by atoms with Crippen LogP contribution in [0.3, 0.4) is 0 Å². The highest BCUT2D eigenvalue weighted by molar-refractivity contribution is 5.70. The number of nitrogens with zero attached hydrogens (tertiary/aromatic N) is 1. The van der Waals surface area contributed by atoms with Crippen LogP contribution in [0.1, 0.15) is 19.3 Å². The van der Waals surface area contributed by atoms with E-state index >= 15 is 0 Å². The van der Waals surface area contributed by atoms with Crippen LogP contribution in [-0.2, 0) is 4.79 Å². The molecule has 2 atom stereocenters. The van der Waals surface area contributed by atoms with E-state index in [1.165, 1.54) is 0 Å². The van der Waals surface area contributed by atoms with E-state index in [9.17, 15) is 4.79 Å². The first kappa shape index (κ1) is 8.53. The Morgan fingerprint density at radius 3 is 2.36 bits per heavy atom. The summed E-state index contributed by atoms with van der Waals surface area (Å²) in [4.78, 5) is 12.7. The molecule has 1 N–H and O–H groups in total. The van der Waals surface area contributed by atoms with E-state index in [2.05, 4.69) is 4.90 Å². The zero-order chi connectivity index (χ0) is 8.43. The van der Waals surface area contributed by atoms with Crippen LogP contribution in [0.25, 0.3) is 0 Å². The lowest BCUT2D eigenvalue weighted by atomic mass is 10.1. The summed E-state index contributed by atoms with van der Waals surface area (Å²) < 4.78 is 0. The molecule has 64 valence electrons. The number of hydrogen-bond donors (Lipinski definition) is 1. The van der Waals surface area contributed by atoms with Gasteiger partial charge >= 0.3 is 5.97 Å². The molecule has 1 aliphatic rings. The lowest BCUT2D eigenvalue weighted by Crippen LogP contribution is -2.25. The first-order valence-corrected chi connectivity index (χ1v) is 4.00. The van der Waals surface area contributed by atoms with Gasteiger partial charge in [0.15, 0.2) is 0 Å². The zero-order valence-electron chi connectivity index (χ0n) is 7.08. The van der Waals surface area contributed by atoms with Crippen LogP contribution < -0.4 is 0 Å². The molecule has 0 aromatic carbocycles. The molecule has 1 rings (SSSR count). The monoisotopic (exact) mass is 157 g/mol. The van der Waals surface area contributed by atoms with E-state index in [1.807, 2.05) is 14.1 Å². The van der Waals surface area contributed by atoms with Gasteiger partial charge in [0.1, 0.15) is 0 Å². The van der Waals surface area contributed by atoms with Crippen LogP contribution in [0.5, 0.6) is 0 Å². The van der Waals surface area contributed by atoms with Crippen molar-refractivity contribution in [2.45, 2.75) is 25.3 Å². The summed E-state index contributed by atoms with van der Waals surface area (Å²) >= 11 is 0. The number of carbonyl (C=O) groups is 1. The molecule has 1 saturated carbocycles. The normalized spacial score (nSPS) is 31.2. The van der Waals surface area contributed by atoms with Gasteiger partial charge in [-0.15, -0.1) is 0 Å². The van der Waals surface area contributed by atoms with E-state index < -0.39 is 5.97 Å². The van der Waals surface area contributed by atoms with Crippen LogP contribution in [0, 0.1) is 5.92 Å². The first-order chi connectivity index (χ1) is 5.11. The lowest BCUT2D eigenvalue weighted by Gasteiger charge is -2.17. The molecule has 0 aliphatic heterocycles. The van der Waals surface area contributed by atoms with E-state index in [0.29, 0.717) is 6.04 Å². The molecule has 3 nitrogen and oxygen atoms in total. The number of carboxylic acids is 1. The van der Waals surface area contributed by atoms with Gasteiger partial charge in [-0.1, -0.05) is 0 Å². The fraction of sp³-hybridized carbons (Fsp3) is 0.875. The molecule has 0 spiro atoms. The number of hydrogen-bond acceptors (Lipinski definition) is 2. The van der Waals surface area contributed by atoms with Crippen molar-refractivity contribution in [3.63, 3.8) is 0 Å². The third-order valence-electron chi connectivity index (χ3n) is 2.48. The Kier molecular flexibility index (Phi) is 2.49. The van der Waals surface area contributed by atoms with Crippen molar-refractivity contribution in [3.8, 4) is 0 Å². The van der Waals surface area contributed by atoms with Crippen molar-refractivity contribution in [2.75, 3.05) is 14.1 Å². The summed E-state index contributed by atoms with van der Waals surface area (Å²) in [6, 6.07) is 0.482. The summed E-state index contributed by atoms with van der Waals surface area (Å²) in [5.74, 6) is -0.725. The van der Waals surface area contributed by atoms with Gasteiger partial charge in [0, 0.05) is 6.04 Å². The van der Waals surface area contributed by atoms with E-state index in [-0.39, 0.29) is 5.92 Å². The maximum absolute atomic E-state index is 10.6. The maximum atomic E-state index is 10.6. The van der Waals surface area contributed by atoms with Gasteiger partial charge in [-0.05, 0) is 33.4 Å². The van der Waals surface area contributed by atoms with E-state index in [0.717, 1.165) is 19.3 Å². The average Bonchev–Trinajstić information content (AvgIpc) is 2.33. The molecule has 0 bridgehead atoms. The Hall–Kier alpha value is -0.570. The minimum absolute atomic E-state index is 0.0950. The molecular weight excluding hydrogens is 142 g/mol. The molecule has 0 aromatic heterocycles. The fourth-order valence-electron chi connectivity index (χ4n) is 1.65. The molecule has 1 fully saturated rings. The summed E-state index contributed by atoms with van der Waals surface area (Å²) in [7, 11) is 4.02. The highest BCUT2D eigenvalue weighted by Gasteiger charge is 2.30. The molecular formula is C8H15NO2. The van der Waals surface area contributed by atoms with Crippen molar-refractivity contribution in [1.82, 2.24) is 4.90 Å². The topological polar surface area (TPSA) is 40.5 Å². The number of rotatable bonds is 2. The predicted molar refractivity (Wildman–Crippen MR) is 42.5 cm³/mol. The highest BCUT2D eigenvalue weighted by Crippen LogP contribution is 2.27. The largest absolute Gasteiger partial charge is 0.481 e. The Morgan fingerprint density at radius 2 is 2.09 bits per heavy atom. The van der Waals surface area contributed by atoms with Crippen molar-refractivity contribution in [3.05, 3.63) is 0 Å². The molecule has 0 aromatic rings. The Morgan fingerprint density at radius 1 is 1.45 bits per heavy atom. The molecule has 3 heteroatoms. The van der Waals surface area contributed by atoms with Gasteiger partial charge in [0.2, 0.25) is 0 Å². The second kappa shape index (κ2) is 3.22. The van der Waals surface area contributed by atoms with Crippen LogP contribution in [-0.4, -0.2) is 36.1 Å². The number of aliphatic carboxylic acids is 1. The third kappa shape index (κ3) is 1.93. The highest BCUT2D eigenvalue weighted by atomic mass is 16.4. The second-order valence-corrected chi connectivity index (χ2v) is 3.47. The molecule has 11 heavy (non-hydrogen) atoms. The smallest absolute Gasteiger partial charge is 0.306 e. The standard InChI is InChI=1S/C8H15NO2/c1-9(2)7-4-3-6(5-7)8(10)11/h6-7H,3-5H2,1-2H3,(H,10,11)/t6-,7+/m0/s1. The molecule has 0 radical (unpaired) electrons. The van der Waals surface area contributed by atoms with Gasteiger partial charge in [0.05, 0.1) is 5.92 Å². The molecule has 1 aliphatic carbocycles. The second-order valence-electron chi connectivity index (χ2n) is 3.47. The van der Waals surface area contributed by atoms with Crippen molar-refractivity contribution < 1.29 is 9.90 Å². The van der Waals surface area contributed by atoms with Gasteiger partial charge in [0.25, 0.3) is 0 Å². The Labute approximate surface area is 67.0 Å². The molecule has 0 amide bonds. The Balaban J connectivity index is 2.41. The van der Waals surface area contributed by atoms with Crippen LogP contribution in [0.15, 0.2) is 0 Å². The quantitative estimate of drug-likeness (QED) is 0.644. The molecule has 0 heterocycles. The molecule has 0 saturated heterocycles. The third-order valence-corrected chi connectivity index (χ3v) is 2.48. The summed E-state index contributed by atoms with van der Waals surface area (Å²) in [6.07, 6.45) is 2.70. The minimum Gasteiger partial charge on any atom is -0.481 e. The van der Waals surface area contributed by atoms with Gasteiger partial charge in [-0.25, -0.2) is 0 Å². The van der Waals surface area contributed by atoms with Crippen LogP contribution in [0.2, 0.25) is 0 Å². The average molecular weight is 157 g/mol. The zero-order valence-corrected chi connectivity index (χ0v) is 7.08. The molecule has 0 unspecified atom stereocenters. The van der Waals surface area contributed by atoms with E-state index in [4.69, 9.17) is 5.11 Å². The summed E-state index contributed by atoms with van der Waals surface area (Å²) in [6.45, 7) is 0. The summed E-state index contributed by atoms with van der Waals surface area (Å²) in [5.41, 5.74) is 0. The van der Waals surface area contributed by atoms with E-state index in [1.54, 1.807) is 0 Å². The van der Waals surface area contributed by atoms with Gasteiger partial charge in [-0.2, -0.15) is 0 Å². The Bertz CT molecular complexity index is 156. The lowest BCUT2D eigenvalue weighted by molar-refractivity contribution is -0.141.